The molecule has 0 unspecified atom stereocenters. The number of para-hydroxylation sites is 1. The fraction of sp³-hybridized carbons (Fsp3) is 0.263. The van der Waals surface area contributed by atoms with E-state index in [1.807, 2.05) is 30.3 Å². The van der Waals surface area contributed by atoms with Gasteiger partial charge in [0.25, 0.3) is 5.91 Å². The summed E-state index contributed by atoms with van der Waals surface area (Å²) in [7, 11) is -3.08. The maximum Gasteiger partial charge on any atom is 0.338 e. The van der Waals surface area contributed by atoms with Gasteiger partial charge in [-0.15, -0.1) is 0 Å². The van der Waals surface area contributed by atoms with Crippen molar-refractivity contribution in [1.29, 1.82) is 0 Å². The Morgan fingerprint density at radius 1 is 1.00 bits per heavy atom. The summed E-state index contributed by atoms with van der Waals surface area (Å²) in [5.41, 5.74) is 0.284. The lowest BCUT2D eigenvalue weighted by Gasteiger charge is -2.11. The Balaban J connectivity index is 1.47. The van der Waals surface area contributed by atoms with Crippen LogP contribution in [0.1, 0.15) is 16.8 Å². The van der Waals surface area contributed by atoms with Crippen LogP contribution in [0.4, 0.5) is 0 Å². The van der Waals surface area contributed by atoms with E-state index in [9.17, 15) is 18.0 Å². The molecule has 1 N–H and O–H groups in total. The molecule has 0 aliphatic carbocycles. The van der Waals surface area contributed by atoms with Crippen LogP contribution in [0, 0.1) is 0 Å². The molecule has 1 fully saturated rings. The molecule has 8 heteroatoms. The van der Waals surface area contributed by atoms with Crippen molar-refractivity contribution in [1.82, 2.24) is 5.32 Å². The third-order valence-electron chi connectivity index (χ3n) is 4.00. The lowest BCUT2D eigenvalue weighted by molar-refractivity contribution is -0.124. The van der Waals surface area contributed by atoms with Crippen LogP contribution >= 0.6 is 0 Å². The van der Waals surface area contributed by atoms with Crippen molar-refractivity contribution in [3.63, 3.8) is 0 Å². The number of carbonyl (C=O) groups is 2. The Labute approximate surface area is 157 Å². The Morgan fingerprint density at radius 3 is 2.30 bits per heavy atom. The van der Waals surface area contributed by atoms with Gasteiger partial charge in [0.2, 0.25) is 0 Å². The number of amides is 1. The van der Waals surface area contributed by atoms with Crippen LogP contribution in [-0.2, 0) is 19.4 Å². The van der Waals surface area contributed by atoms with Gasteiger partial charge in [-0.25, -0.2) is 13.2 Å². The molecular formula is C19H19NO6S. The van der Waals surface area contributed by atoms with Crippen LogP contribution in [0.25, 0.3) is 0 Å². The molecule has 0 bridgehead atoms. The molecule has 2 aromatic rings. The van der Waals surface area contributed by atoms with Crippen molar-refractivity contribution < 1.29 is 27.5 Å². The van der Waals surface area contributed by atoms with Gasteiger partial charge in [0, 0.05) is 6.04 Å². The molecule has 0 saturated carbocycles. The fourth-order valence-electron chi connectivity index (χ4n) is 2.68. The maximum atomic E-state index is 12.0. The Morgan fingerprint density at radius 2 is 1.67 bits per heavy atom. The van der Waals surface area contributed by atoms with Crippen molar-refractivity contribution >= 4 is 21.7 Å². The Bertz CT molecular complexity index is 909. The number of nitrogens with one attached hydrogen (secondary N) is 1. The first-order valence-electron chi connectivity index (χ1n) is 8.41. The third-order valence-corrected chi connectivity index (χ3v) is 5.77. The van der Waals surface area contributed by atoms with Gasteiger partial charge in [0.1, 0.15) is 11.5 Å². The largest absolute Gasteiger partial charge is 0.457 e. The van der Waals surface area contributed by atoms with E-state index in [0.717, 1.165) is 0 Å². The van der Waals surface area contributed by atoms with Crippen molar-refractivity contribution in [2.24, 2.45) is 0 Å². The molecule has 0 radical (unpaired) electrons. The molecule has 1 amide bonds. The van der Waals surface area contributed by atoms with E-state index in [-0.39, 0.29) is 17.1 Å². The smallest absolute Gasteiger partial charge is 0.338 e. The number of rotatable bonds is 6. The highest BCUT2D eigenvalue weighted by atomic mass is 32.2. The van der Waals surface area contributed by atoms with Crippen LogP contribution in [0.15, 0.2) is 54.6 Å². The molecule has 1 atom stereocenters. The number of hydrogen-bond acceptors (Lipinski definition) is 6. The summed E-state index contributed by atoms with van der Waals surface area (Å²) in [6.45, 7) is -0.461. The van der Waals surface area contributed by atoms with E-state index < -0.39 is 34.4 Å². The van der Waals surface area contributed by atoms with Crippen molar-refractivity contribution in [3.05, 3.63) is 60.2 Å². The monoisotopic (exact) mass is 389 g/mol. The number of ether oxygens (including phenoxy) is 2. The zero-order chi connectivity index (χ0) is 19.3. The number of sulfone groups is 1. The third kappa shape index (κ3) is 5.55. The van der Waals surface area contributed by atoms with E-state index in [0.29, 0.717) is 17.9 Å². The number of esters is 1. The maximum absolute atomic E-state index is 12.0. The molecule has 27 heavy (non-hydrogen) atoms. The van der Waals surface area contributed by atoms with Gasteiger partial charge < -0.3 is 14.8 Å². The summed E-state index contributed by atoms with van der Waals surface area (Å²) in [5.74, 6) is 0.0753. The lowest BCUT2D eigenvalue weighted by Crippen LogP contribution is -2.38. The summed E-state index contributed by atoms with van der Waals surface area (Å²) in [6, 6.07) is 15.2. The zero-order valence-corrected chi connectivity index (χ0v) is 15.3. The lowest BCUT2D eigenvalue weighted by atomic mass is 10.2. The number of benzene rings is 2. The van der Waals surface area contributed by atoms with E-state index in [4.69, 9.17) is 9.47 Å². The Hall–Kier alpha value is -2.87. The number of carbonyl (C=O) groups excluding carboxylic acids is 2. The summed E-state index contributed by atoms with van der Waals surface area (Å²) in [6.07, 6.45) is 0.380. The fourth-order valence-corrected chi connectivity index (χ4v) is 4.35. The molecule has 1 aliphatic rings. The number of hydrogen-bond donors (Lipinski definition) is 1. The second-order valence-electron chi connectivity index (χ2n) is 6.18. The minimum Gasteiger partial charge on any atom is -0.457 e. The van der Waals surface area contributed by atoms with Crippen LogP contribution in [0.2, 0.25) is 0 Å². The average Bonchev–Trinajstić information content (AvgIpc) is 2.99. The van der Waals surface area contributed by atoms with Crippen LogP contribution < -0.4 is 10.1 Å². The quantitative estimate of drug-likeness (QED) is 0.758. The molecule has 1 saturated heterocycles. The molecule has 0 aromatic heterocycles. The molecule has 3 rings (SSSR count). The molecule has 2 aromatic carbocycles. The molecule has 1 aliphatic heterocycles. The van der Waals surface area contributed by atoms with Crippen LogP contribution in [0.3, 0.4) is 0 Å². The van der Waals surface area contributed by atoms with Gasteiger partial charge in [-0.3, -0.25) is 4.79 Å². The van der Waals surface area contributed by atoms with Gasteiger partial charge >= 0.3 is 5.97 Å². The molecule has 7 nitrogen and oxygen atoms in total. The normalized spacial score (nSPS) is 17.9. The van der Waals surface area contributed by atoms with Crippen molar-refractivity contribution in [2.45, 2.75) is 12.5 Å². The van der Waals surface area contributed by atoms with E-state index in [1.54, 1.807) is 24.3 Å². The summed E-state index contributed by atoms with van der Waals surface area (Å²) >= 11 is 0. The minimum absolute atomic E-state index is 0.0646. The molecular weight excluding hydrogens is 370 g/mol. The van der Waals surface area contributed by atoms with Gasteiger partial charge in [0.05, 0.1) is 17.1 Å². The second kappa shape index (κ2) is 8.22. The Kier molecular flexibility index (Phi) is 5.75. The van der Waals surface area contributed by atoms with E-state index >= 15 is 0 Å². The van der Waals surface area contributed by atoms with Crippen LogP contribution in [-0.4, -0.2) is 44.4 Å². The highest BCUT2D eigenvalue weighted by Gasteiger charge is 2.29. The summed E-state index contributed by atoms with van der Waals surface area (Å²) < 4.78 is 33.3. The topological polar surface area (TPSA) is 98.8 Å². The zero-order valence-electron chi connectivity index (χ0n) is 14.5. The standard InChI is InChI=1S/C19H19NO6S/c21-18(20-15-10-11-27(23,24)13-15)12-25-19(22)14-6-8-17(9-7-14)26-16-4-2-1-3-5-16/h1-9,15H,10-13H2,(H,20,21)/t15-/m1/s1. The predicted molar refractivity (Wildman–Crippen MR) is 98.4 cm³/mol. The van der Waals surface area contributed by atoms with Crippen LogP contribution in [0.5, 0.6) is 11.5 Å². The van der Waals surface area contributed by atoms with Gasteiger partial charge in [-0.2, -0.15) is 0 Å². The first-order chi connectivity index (χ1) is 12.9. The highest BCUT2D eigenvalue weighted by Crippen LogP contribution is 2.21. The average molecular weight is 389 g/mol. The van der Waals surface area contributed by atoms with Crippen molar-refractivity contribution in [2.75, 3.05) is 18.1 Å². The second-order valence-corrected chi connectivity index (χ2v) is 8.41. The summed E-state index contributed by atoms with van der Waals surface area (Å²) in [4.78, 5) is 23.8. The minimum atomic E-state index is -3.08. The first-order valence-corrected chi connectivity index (χ1v) is 10.2. The highest BCUT2D eigenvalue weighted by molar-refractivity contribution is 7.91. The van der Waals surface area contributed by atoms with Gasteiger partial charge in [-0.05, 0) is 42.8 Å². The SMILES string of the molecule is O=C(COC(=O)c1ccc(Oc2ccccc2)cc1)N[C@@H]1CCS(=O)(=O)C1. The van der Waals surface area contributed by atoms with Crippen molar-refractivity contribution in [3.8, 4) is 11.5 Å². The summed E-state index contributed by atoms with van der Waals surface area (Å²) in [5, 5.41) is 2.56. The molecule has 1 heterocycles. The van der Waals surface area contributed by atoms with Gasteiger partial charge in [0.15, 0.2) is 16.4 Å². The first kappa shape index (κ1) is 18.9. The molecule has 0 spiro atoms. The molecule has 142 valence electrons. The van der Waals surface area contributed by atoms with E-state index in [1.165, 1.54) is 0 Å². The van der Waals surface area contributed by atoms with E-state index in [2.05, 4.69) is 5.32 Å². The van der Waals surface area contributed by atoms with Gasteiger partial charge in [-0.1, -0.05) is 18.2 Å². The predicted octanol–water partition coefficient (Wildman–Crippen LogP) is 1.94.